The first-order valence-corrected chi connectivity index (χ1v) is 5.23. The van der Waals surface area contributed by atoms with Crippen molar-refractivity contribution in [2.75, 3.05) is 24.2 Å². The zero-order valence-corrected chi connectivity index (χ0v) is 9.04. The molecule has 0 aromatic carbocycles. The average molecular weight is 270 g/mol. The van der Waals surface area contributed by atoms with E-state index in [1.165, 1.54) is 0 Å². The van der Waals surface area contributed by atoms with Gasteiger partial charge in [0.05, 0.1) is 19.3 Å². The van der Waals surface area contributed by atoms with Gasteiger partial charge in [0, 0.05) is 11.0 Å². The third-order valence-electron chi connectivity index (χ3n) is 1.13. The third-order valence-corrected chi connectivity index (χ3v) is 2.11. The quantitative estimate of drug-likeness (QED) is 0.400. The molecule has 0 N–H and O–H groups in total. The summed E-state index contributed by atoms with van der Waals surface area (Å²) in [6.07, 6.45) is 1.97. The number of alkyl halides is 1. The predicted octanol–water partition coefficient (Wildman–Crippen LogP) is 2.03. The van der Waals surface area contributed by atoms with Crippen molar-refractivity contribution in [2.24, 2.45) is 0 Å². The van der Waals surface area contributed by atoms with E-state index in [0.29, 0.717) is 13.2 Å². The summed E-state index contributed by atoms with van der Waals surface area (Å²) < 4.78 is 11.6. The first kappa shape index (κ1) is 11.4. The van der Waals surface area contributed by atoms with Gasteiger partial charge in [0.2, 0.25) is 0 Å². The fraction of sp³-hybridized carbons (Fsp3) is 0.750. The second kappa shape index (κ2) is 8.49. The van der Waals surface area contributed by atoms with Gasteiger partial charge in [-0.2, -0.15) is 0 Å². The third kappa shape index (κ3) is 6.77. The first-order chi connectivity index (χ1) is 5.35. The van der Waals surface area contributed by atoms with Crippen LogP contribution in [0, 0.1) is 0 Å². The Balaban J connectivity index is 3.32. The Labute approximate surface area is 82.1 Å². The van der Waals surface area contributed by atoms with E-state index in [2.05, 4.69) is 29.2 Å². The van der Waals surface area contributed by atoms with E-state index in [0.717, 1.165) is 11.0 Å². The molecule has 0 aliphatic heterocycles. The minimum absolute atomic E-state index is 0.216. The second-order valence-electron chi connectivity index (χ2n) is 2.06. The van der Waals surface area contributed by atoms with Crippen molar-refractivity contribution in [1.82, 2.24) is 0 Å². The van der Waals surface area contributed by atoms with Crippen LogP contribution < -0.4 is 0 Å². The number of hydrogen-bond donors (Lipinski definition) is 0. The standard InChI is InChI=1S/C8H15IO2/c1-3-5-11-8(6-9)7-10-4-2/h3,8H,1,4-7H2,2H3. The van der Waals surface area contributed by atoms with E-state index in [1.807, 2.05) is 6.92 Å². The Bertz CT molecular complexity index is 96.1. The van der Waals surface area contributed by atoms with Gasteiger partial charge in [0.25, 0.3) is 0 Å². The second-order valence-corrected chi connectivity index (χ2v) is 2.94. The maximum absolute atomic E-state index is 5.39. The molecule has 11 heavy (non-hydrogen) atoms. The van der Waals surface area contributed by atoms with Gasteiger partial charge in [-0.1, -0.05) is 28.7 Å². The fourth-order valence-corrected chi connectivity index (χ4v) is 1.10. The lowest BCUT2D eigenvalue weighted by Gasteiger charge is -2.13. The van der Waals surface area contributed by atoms with Crippen LogP contribution in [0.15, 0.2) is 12.7 Å². The summed E-state index contributed by atoms with van der Waals surface area (Å²) in [6.45, 7) is 7.62. The first-order valence-electron chi connectivity index (χ1n) is 3.71. The zero-order chi connectivity index (χ0) is 8.53. The van der Waals surface area contributed by atoms with Crippen LogP contribution >= 0.6 is 22.6 Å². The molecule has 0 aliphatic rings. The lowest BCUT2D eigenvalue weighted by molar-refractivity contribution is 0.0126. The monoisotopic (exact) mass is 270 g/mol. The Kier molecular flexibility index (Phi) is 8.79. The van der Waals surface area contributed by atoms with Crippen LogP contribution in [0.1, 0.15) is 6.92 Å². The number of ether oxygens (including phenoxy) is 2. The molecular formula is C8H15IO2. The predicted molar refractivity (Wildman–Crippen MR) is 55.3 cm³/mol. The van der Waals surface area contributed by atoms with Crippen LogP contribution in [0.25, 0.3) is 0 Å². The van der Waals surface area contributed by atoms with E-state index in [9.17, 15) is 0 Å². The number of rotatable bonds is 7. The summed E-state index contributed by atoms with van der Waals surface area (Å²) >= 11 is 2.29. The highest BCUT2D eigenvalue weighted by Gasteiger charge is 2.04. The summed E-state index contributed by atoms with van der Waals surface area (Å²) in [4.78, 5) is 0. The number of hydrogen-bond acceptors (Lipinski definition) is 2. The summed E-state index contributed by atoms with van der Waals surface area (Å²) in [5.41, 5.74) is 0. The summed E-state index contributed by atoms with van der Waals surface area (Å²) in [5, 5.41) is 0. The Morgan fingerprint density at radius 2 is 2.36 bits per heavy atom. The minimum atomic E-state index is 0.216. The van der Waals surface area contributed by atoms with Gasteiger partial charge in [-0.15, -0.1) is 6.58 Å². The van der Waals surface area contributed by atoms with Gasteiger partial charge in [-0.05, 0) is 6.92 Å². The van der Waals surface area contributed by atoms with Gasteiger partial charge in [-0.3, -0.25) is 0 Å². The Hall–Kier alpha value is 0.390. The van der Waals surface area contributed by atoms with Crippen molar-refractivity contribution in [3.05, 3.63) is 12.7 Å². The zero-order valence-electron chi connectivity index (χ0n) is 6.88. The van der Waals surface area contributed by atoms with Crippen LogP contribution in [-0.2, 0) is 9.47 Å². The maximum Gasteiger partial charge on any atom is 0.0901 e. The lowest BCUT2D eigenvalue weighted by Crippen LogP contribution is -2.21. The fourth-order valence-electron chi connectivity index (χ4n) is 0.591. The van der Waals surface area contributed by atoms with Gasteiger partial charge in [0.1, 0.15) is 0 Å². The molecule has 0 bridgehead atoms. The molecule has 1 unspecified atom stereocenters. The Morgan fingerprint density at radius 3 is 2.82 bits per heavy atom. The molecule has 0 spiro atoms. The van der Waals surface area contributed by atoms with Crippen LogP contribution in [0.2, 0.25) is 0 Å². The van der Waals surface area contributed by atoms with Gasteiger partial charge in [0.15, 0.2) is 0 Å². The van der Waals surface area contributed by atoms with Crippen LogP contribution in [-0.4, -0.2) is 30.4 Å². The van der Waals surface area contributed by atoms with Gasteiger partial charge < -0.3 is 9.47 Å². The molecule has 66 valence electrons. The molecule has 0 fully saturated rings. The van der Waals surface area contributed by atoms with Crippen molar-refractivity contribution >= 4 is 22.6 Å². The molecule has 0 amide bonds. The van der Waals surface area contributed by atoms with Gasteiger partial charge >= 0.3 is 0 Å². The summed E-state index contributed by atoms with van der Waals surface area (Å²) in [7, 11) is 0. The van der Waals surface area contributed by atoms with Crippen molar-refractivity contribution in [3.63, 3.8) is 0 Å². The smallest absolute Gasteiger partial charge is 0.0901 e. The average Bonchev–Trinajstić information content (AvgIpc) is 2.05. The van der Waals surface area contributed by atoms with Crippen molar-refractivity contribution in [1.29, 1.82) is 0 Å². The molecule has 0 saturated carbocycles. The van der Waals surface area contributed by atoms with Crippen molar-refractivity contribution in [2.45, 2.75) is 13.0 Å². The van der Waals surface area contributed by atoms with Crippen LogP contribution in [0.4, 0.5) is 0 Å². The van der Waals surface area contributed by atoms with Crippen LogP contribution in [0.5, 0.6) is 0 Å². The normalized spacial score (nSPS) is 12.9. The van der Waals surface area contributed by atoms with E-state index in [1.54, 1.807) is 6.08 Å². The molecule has 0 aromatic heterocycles. The van der Waals surface area contributed by atoms with Crippen LogP contribution in [0.3, 0.4) is 0 Å². The molecule has 0 aliphatic carbocycles. The maximum atomic E-state index is 5.39. The largest absolute Gasteiger partial charge is 0.379 e. The van der Waals surface area contributed by atoms with E-state index in [-0.39, 0.29) is 6.10 Å². The lowest BCUT2D eigenvalue weighted by atomic mass is 10.4. The molecule has 0 aromatic rings. The van der Waals surface area contributed by atoms with Crippen molar-refractivity contribution in [3.8, 4) is 0 Å². The van der Waals surface area contributed by atoms with E-state index < -0.39 is 0 Å². The minimum Gasteiger partial charge on any atom is -0.379 e. The SMILES string of the molecule is C=CCOC(CI)COCC. The van der Waals surface area contributed by atoms with Crippen molar-refractivity contribution < 1.29 is 9.47 Å². The molecule has 0 rings (SSSR count). The molecule has 0 heterocycles. The van der Waals surface area contributed by atoms with E-state index in [4.69, 9.17) is 9.47 Å². The molecule has 3 heteroatoms. The molecule has 0 radical (unpaired) electrons. The molecule has 1 atom stereocenters. The summed E-state index contributed by atoms with van der Waals surface area (Å²) in [5.74, 6) is 0. The Morgan fingerprint density at radius 1 is 1.64 bits per heavy atom. The molecular weight excluding hydrogens is 255 g/mol. The highest BCUT2D eigenvalue weighted by atomic mass is 127. The van der Waals surface area contributed by atoms with E-state index >= 15 is 0 Å². The highest BCUT2D eigenvalue weighted by Crippen LogP contribution is 1.98. The molecule has 2 nitrogen and oxygen atoms in total. The van der Waals surface area contributed by atoms with Gasteiger partial charge in [-0.25, -0.2) is 0 Å². The highest BCUT2D eigenvalue weighted by molar-refractivity contribution is 14.1. The number of halogens is 1. The summed E-state index contributed by atoms with van der Waals surface area (Å²) in [6, 6.07) is 0. The topological polar surface area (TPSA) is 18.5 Å². The molecule has 0 saturated heterocycles.